The molecule has 0 spiro atoms. The zero-order chi connectivity index (χ0) is 15.5. The molecule has 3 nitrogen and oxygen atoms in total. The van der Waals surface area contributed by atoms with Crippen molar-refractivity contribution in [3.05, 3.63) is 50.6 Å². The molecule has 4 heteroatoms. The number of nitrogens with zero attached hydrogens (tertiary/aromatic N) is 1. The SMILES string of the molecule is CCCn1cc(NCc2ccc(C(C)(C)C)s2)ccc1=O. The molecule has 0 saturated heterocycles. The van der Waals surface area contributed by atoms with E-state index < -0.39 is 0 Å². The van der Waals surface area contributed by atoms with Crippen LogP contribution in [0.15, 0.2) is 35.3 Å². The lowest BCUT2D eigenvalue weighted by atomic mass is 9.95. The Kier molecular flexibility index (Phi) is 4.88. The number of pyridine rings is 1. The van der Waals surface area contributed by atoms with Gasteiger partial charge >= 0.3 is 0 Å². The number of hydrogen-bond donors (Lipinski definition) is 1. The second-order valence-electron chi connectivity index (χ2n) is 6.32. The van der Waals surface area contributed by atoms with Gasteiger partial charge in [0, 0.05) is 35.1 Å². The van der Waals surface area contributed by atoms with Crippen molar-refractivity contribution in [2.75, 3.05) is 5.32 Å². The van der Waals surface area contributed by atoms with E-state index in [-0.39, 0.29) is 11.0 Å². The predicted octanol–water partition coefficient (Wildman–Crippen LogP) is 4.23. The minimum absolute atomic E-state index is 0.0635. The number of hydrogen-bond acceptors (Lipinski definition) is 3. The molecule has 2 aromatic heterocycles. The summed E-state index contributed by atoms with van der Waals surface area (Å²) in [5.74, 6) is 0. The smallest absolute Gasteiger partial charge is 0.250 e. The van der Waals surface area contributed by atoms with E-state index >= 15 is 0 Å². The molecule has 2 heterocycles. The Morgan fingerprint density at radius 2 is 1.95 bits per heavy atom. The van der Waals surface area contributed by atoms with Crippen molar-refractivity contribution in [2.24, 2.45) is 0 Å². The molecule has 1 N–H and O–H groups in total. The average Bonchev–Trinajstić information content (AvgIpc) is 2.89. The molecule has 0 aliphatic heterocycles. The third kappa shape index (κ3) is 4.21. The predicted molar refractivity (Wildman–Crippen MR) is 91.3 cm³/mol. The van der Waals surface area contributed by atoms with Crippen LogP contribution in [-0.2, 0) is 18.5 Å². The molecule has 0 saturated carbocycles. The number of thiophene rings is 1. The van der Waals surface area contributed by atoms with E-state index in [9.17, 15) is 4.79 Å². The number of aryl methyl sites for hydroxylation is 1. The molecule has 2 aromatic rings. The third-order valence-electron chi connectivity index (χ3n) is 3.32. The van der Waals surface area contributed by atoms with Crippen molar-refractivity contribution < 1.29 is 0 Å². The van der Waals surface area contributed by atoms with E-state index in [1.807, 2.05) is 23.6 Å². The van der Waals surface area contributed by atoms with E-state index in [1.54, 1.807) is 10.6 Å². The standard InChI is InChI=1S/C17H24N2OS/c1-5-10-19-12-13(6-9-16(19)20)18-11-14-7-8-15(21-14)17(2,3)4/h6-9,12,18H,5,10-11H2,1-4H3. The molecule has 2 rings (SSSR count). The van der Waals surface area contributed by atoms with Gasteiger partial charge in [0.2, 0.25) is 0 Å². The second kappa shape index (κ2) is 6.48. The fraction of sp³-hybridized carbons (Fsp3) is 0.471. The first-order valence-corrected chi connectivity index (χ1v) is 8.25. The van der Waals surface area contributed by atoms with Crippen LogP contribution >= 0.6 is 11.3 Å². The zero-order valence-corrected chi connectivity index (χ0v) is 14.1. The van der Waals surface area contributed by atoms with E-state index in [1.165, 1.54) is 9.75 Å². The van der Waals surface area contributed by atoms with Gasteiger partial charge < -0.3 is 9.88 Å². The van der Waals surface area contributed by atoms with Gasteiger partial charge in [0.05, 0.1) is 5.69 Å². The van der Waals surface area contributed by atoms with E-state index in [0.717, 1.165) is 25.2 Å². The summed E-state index contributed by atoms with van der Waals surface area (Å²) in [4.78, 5) is 14.4. The lowest BCUT2D eigenvalue weighted by Gasteiger charge is -2.15. The molecule has 21 heavy (non-hydrogen) atoms. The summed E-state index contributed by atoms with van der Waals surface area (Å²) in [5.41, 5.74) is 1.26. The zero-order valence-electron chi connectivity index (χ0n) is 13.3. The lowest BCUT2D eigenvalue weighted by molar-refractivity contribution is 0.604. The van der Waals surface area contributed by atoms with Gasteiger partial charge in [0.25, 0.3) is 5.56 Å². The van der Waals surface area contributed by atoms with Crippen molar-refractivity contribution in [3.8, 4) is 0 Å². The third-order valence-corrected chi connectivity index (χ3v) is 4.83. The summed E-state index contributed by atoms with van der Waals surface area (Å²) >= 11 is 1.85. The molecule has 0 radical (unpaired) electrons. The Morgan fingerprint density at radius 1 is 1.19 bits per heavy atom. The Balaban J connectivity index is 2.04. The van der Waals surface area contributed by atoms with Gasteiger partial charge in [-0.25, -0.2) is 0 Å². The average molecular weight is 304 g/mol. The van der Waals surface area contributed by atoms with E-state index in [4.69, 9.17) is 0 Å². The van der Waals surface area contributed by atoms with Gasteiger partial charge in [0.15, 0.2) is 0 Å². The van der Waals surface area contributed by atoms with Crippen LogP contribution in [0.25, 0.3) is 0 Å². The van der Waals surface area contributed by atoms with Crippen molar-refractivity contribution in [1.82, 2.24) is 4.57 Å². The van der Waals surface area contributed by atoms with Crippen LogP contribution < -0.4 is 10.9 Å². The maximum Gasteiger partial charge on any atom is 0.250 e. The highest BCUT2D eigenvalue weighted by Gasteiger charge is 2.15. The molecule has 0 aliphatic carbocycles. The number of anilines is 1. The normalized spacial score (nSPS) is 11.6. The lowest BCUT2D eigenvalue weighted by Crippen LogP contribution is -2.18. The highest BCUT2D eigenvalue weighted by Crippen LogP contribution is 2.29. The van der Waals surface area contributed by atoms with Crippen LogP contribution in [0.2, 0.25) is 0 Å². The molecular formula is C17H24N2OS. The minimum atomic E-state index is 0.0635. The van der Waals surface area contributed by atoms with Crippen LogP contribution in [0.5, 0.6) is 0 Å². The highest BCUT2D eigenvalue weighted by atomic mass is 32.1. The van der Waals surface area contributed by atoms with Crippen LogP contribution in [0.3, 0.4) is 0 Å². The summed E-state index contributed by atoms with van der Waals surface area (Å²) in [6.45, 7) is 10.3. The quantitative estimate of drug-likeness (QED) is 0.897. The van der Waals surface area contributed by atoms with Gasteiger partial charge in [-0.2, -0.15) is 0 Å². The summed E-state index contributed by atoms with van der Waals surface area (Å²) in [5, 5.41) is 3.40. The Morgan fingerprint density at radius 3 is 2.57 bits per heavy atom. The topological polar surface area (TPSA) is 34.0 Å². The summed E-state index contributed by atoms with van der Waals surface area (Å²) in [7, 11) is 0. The van der Waals surface area contributed by atoms with Gasteiger partial charge in [-0.05, 0) is 30.0 Å². The maximum atomic E-state index is 11.7. The fourth-order valence-electron chi connectivity index (χ4n) is 2.12. The van der Waals surface area contributed by atoms with E-state index in [2.05, 4.69) is 45.1 Å². The molecule has 0 aliphatic rings. The van der Waals surface area contributed by atoms with Crippen LogP contribution in [0.4, 0.5) is 5.69 Å². The molecule has 114 valence electrons. The second-order valence-corrected chi connectivity index (χ2v) is 7.49. The molecule has 0 unspecified atom stereocenters. The Bertz CT molecular complexity index is 649. The van der Waals surface area contributed by atoms with Crippen LogP contribution in [-0.4, -0.2) is 4.57 Å². The molecule has 0 amide bonds. The number of aromatic nitrogens is 1. The largest absolute Gasteiger partial charge is 0.379 e. The van der Waals surface area contributed by atoms with Gasteiger partial charge in [0.1, 0.15) is 0 Å². The first-order valence-electron chi connectivity index (χ1n) is 7.43. The highest BCUT2D eigenvalue weighted by molar-refractivity contribution is 7.12. The van der Waals surface area contributed by atoms with Crippen LogP contribution in [0, 0.1) is 0 Å². The van der Waals surface area contributed by atoms with Crippen molar-refractivity contribution in [2.45, 2.75) is 52.6 Å². The fourth-order valence-corrected chi connectivity index (χ4v) is 3.12. The summed E-state index contributed by atoms with van der Waals surface area (Å²) in [6.07, 6.45) is 2.87. The monoisotopic (exact) mass is 304 g/mol. The Labute approximate surface area is 130 Å². The Hall–Kier alpha value is -1.55. The van der Waals surface area contributed by atoms with Gasteiger partial charge in [-0.3, -0.25) is 4.79 Å². The number of nitrogens with one attached hydrogen (secondary N) is 1. The number of rotatable bonds is 5. The molecule has 0 fully saturated rings. The van der Waals surface area contributed by atoms with E-state index in [0.29, 0.717) is 0 Å². The minimum Gasteiger partial charge on any atom is -0.379 e. The van der Waals surface area contributed by atoms with Crippen LogP contribution in [0.1, 0.15) is 43.9 Å². The van der Waals surface area contributed by atoms with Crippen molar-refractivity contribution in [1.29, 1.82) is 0 Å². The molecular weight excluding hydrogens is 280 g/mol. The maximum absolute atomic E-state index is 11.7. The van der Waals surface area contributed by atoms with Crippen molar-refractivity contribution in [3.63, 3.8) is 0 Å². The summed E-state index contributed by atoms with van der Waals surface area (Å²) in [6, 6.07) is 7.87. The van der Waals surface area contributed by atoms with Gasteiger partial charge in [-0.15, -0.1) is 11.3 Å². The molecule has 0 bridgehead atoms. The molecule has 0 atom stereocenters. The first-order chi connectivity index (χ1) is 9.90. The first kappa shape index (κ1) is 15.8. The van der Waals surface area contributed by atoms with Gasteiger partial charge in [-0.1, -0.05) is 27.7 Å². The van der Waals surface area contributed by atoms with Crippen molar-refractivity contribution >= 4 is 17.0 Å². The molecule has 0 aromatic carbocycles. The summed E-state index contributed by atoms with van der Waals surface area (Å²) < 4.78 is 1.76.